The molecule has 2 rings (SSSR count). The molecule has 2 nitrogen and oxygen atoms in total. The predicted octanol–water partition coefficient (Wildman–Crippen LogP) is 4.12. The molecule has 0 aliphatic heterocycles. The molecule has 0 aliphatic rings. The van der Waals surface area contributed by atoms with Gasteiger partial charge >= 0.3 is 0 Å². The van der Waals surface area contributed by atoms with Crippen molar-refractivity contribution in [3.63, 3.8) is 0 Å². The summed E-state index contributed by atoms with van der Waals surface area (Å²) >= 11 is 0. The molecule has 0 aromatic heterocycles. The lowest BCUT2D eigenvalue weighted by molar-refractivity contribution is 0.103. The number of benzene rings is 2. The maximum absolute atomic E-state index is 13.1. The van der Waals surface area contributed by atoms with Crippen LogP contribution in [0.4, 0.5) is 13.2 Å². The quantitative estimate of drug-likeness (QED) is 0.612. The first-order valence-corrected chi connectivity index (χ1v) is 6.45. The van der Waals surface area contributed by atoms with Crippen LogP contribution in [0.25, 0.3) is 0 Å². The topological polar surface area (TPSA) is 26.3 Å². The Balaban J connectivity index is 2.24. The number of hydrogen-bond donors (Lipinski definition) is 0. The Hall–Kier alpha value is -2.30. The summed E-state index contributed by atoms with van der Waals surface area (Å²) in [7, 11) is 0. The van der Waals surface area contributed by atoms with Crippen molar-refractivity contribution in [1.82, 2.24) is 0 Å². The highest BCUT2D eigenvalue weighted by Crippen LogP contribution is 2.19. The molecule has 5 heteroatoms. The Morgan fingerprint density at radius 1 is 1.00 bits per heavy atom. The lowest BCUT2D eigenvalue weighted by Crippen LogP contribution is -2.04. The van der Waals surface area contributed by atoms with Crippen molar-refractivity contribution >= 4 is 5.78 Å². The third-order valence-electron chi connectivity index (χ3n) is 2.84. The lowest BCUT2D eigenvalue weighted by Gasteiger charge is -2.06. The average Bonchev–Trinajstić information content (AvgIpc) is 2.50. The van der Waals surface area contributed by atoms with E-state index in [0.717, 1.165) is 6.42 Å². The Morgan fingerprint density at radius 2 is 1.57 bits per heavy atom. The van der Waals surface area contributed by atoms with Crippen molar-refractivity contribution < 1.29 is 22.7 Å². The van der Waals surface area contributed by atoms with Gasteiger partial charge in [0.1, 0.15) is 5.75 Å². The van der Waals surface area contributed by atoms with Crippen LogP contribution in [0.3, 0.4) is 0 Å². The zero-order valence-electron chi connectivity index (χ0n) is 11.3. The average molecular weight is 294 g/mol. The summed E-state index contributed by atoms with van der Waals surface area (Å²) in [6.07, 6.45) is 0.856. The van der Waals surface area contributed by atoms with Crippen molar-refractivity contribution in [2.45, 2.75) is 13.3 Å². The van der Waals surface area contributed by atoms with Crippen LogP contribution < -0.4 is 4.74 Å². The van der Waals surface area contributed by atoms with Gasteiger partial charge in [-0.2, -0.15) is 0 Å². The van der Waals surface area contributed by atoms with Gasteiger partial charge in [-0.05, 0) is 42.8 Å². The van der Waals surface area contributed by atoms with Crippen LogP contribution in [0.15, 0.2) is 36.4 Å². The smallest absolute Gasteiger partial charge is 0.194 e. The molecule has 0 fully saturated rings. The maximum atomic E-state index is 13.1. The van der Waals surface area contributed by atoms with Crippen molar-refractivity contribution in [2.75, 3.05) is 6.61 Å². The van der Waals surface area contributed by atoms with Crippen LogP contribution in [0.1, 0.15) is 29.3 Å². The fourth-order valence-corrected chi connectivity index (χ4v) is 1.78. The molecule has 0 heterocycles. The highest BCUT2D eigenvalue weighted by molar-refractivity contribution is 6.09. The largest absolute Gasteiger partial charge is 0.494 e. The molecule has 2 aromatic carbocycles. The van der Waals surface area contributed by atoms with E-state index in [2.05, 4.69) is 0 Å². The molecule has 2 aromatic rings. The van der Waals surface area contributed by atoms with Crippen LogP contribution in [-0.4, -0.2) is 12.4 Å². The number of ether oxygens (including phenoxy) is 1. The number of ketones is 1. The van der Waals surface area contributed by atoms with Gasteiger partial charge in [-0.15, -0.1) is 0 Å². The molecule has 0 radical (unpaired) electrons. The Bertz CT molecular complexity index is 628. The summed E-state index contributed by atoms with van der Waals surface area (Å²) in [5.41, 5.74) is -0.00196. The lowest BCUT2D eigenvalue weighted by atomic mass is 10.0. The van der Waals surface area contributed by atoms with Gasteiger partial charge in [0.05, 0.1) is 6.61 Å². The van der Waals surface area contributed by atoms with Gasteiger partial charge in [0.15, 0.2) is 23.2 Å². The van der Waals surface area contributed by atoms with E-state index >= 15 is 0 Å². The van der Waals surface area contributed by atoms with Gasteiger partial charge < -0.3 is 4.74 Å². The molecule has 0 aliphatic carbocycles. The first kappa shape index (κ1) is 15.1. The molecule has 110 valence electrons. The van der Waals surface area contributed by atoms with E-state index < -0.39 is 23.2 Å². The SMILES string of the molecule is CCCOc1ccc(C(=O)c2cc(F)c(F)c(F)c2)cc1. The summed E-state index contributed by atoms with van der Waals surface area (Å²) in [5.74, 6) is -4.35. The van der Waals surface area contributed by atoms with Crippen LogP contribution in [0, 0.1) is 17.5 Å². The summed E-state index contributed by atoms with van der Waals surface area (Å²) in [4.78, 5) is 12.1. The molecule has 0 unspecified atom stereocenters. The van der Waals surface area contributed by atoms with Gasteiger partial charge in [0, 0.05) is 11.1 Å². The number of hydrogen-bond acceptors (Lipinski definition) is 2. The highest BCUT2D eigenvalue weighted by atomic mass is 19.2. The van der Waals surface area contributed by atoms with E-state index in [-0.39, 0.29) is 11.1 Å². The predicted molar refractivity (Wildman–Crippen MR) is 72.0 cm³/mol. The van der Waals surface area contributed by atoms with Crippen LogP contribution >= 0.6 is 0 Å². The molecule has 0 saturated heterocycles. The van der Waals surface area contributed by atoms with E-state index in [1.54, 1.807) is 12.1 Å². The molecule has 0 amide bonds. The van der Waals surface area contributed by atoms with Crippen LogP contribution in [0.2, 0.25) is 0 Å². The number of halogens is 3. The Kier molecular flexibility index (Phi) is 4.62. The molecule has 0 atom stereocenters. The summed E-state index contributed by atoms with van der Waals surface area (Å²) < 4.78 is 44.5. The van der Waals surface area contributed by atoms with Crippen LogP contribution in [0.5, 0.6) is 5.75 Å². The van der Waals surface area contributed by atoms with Crippen molar-refractivity contribution in [3.05, 3.63) is 65.0 Å². The fourth-order valence-electron chi connectivity index (χ4n) is 1.78. The van der Waals surface area contributed by atoms with E-state index in [4.69, 9.17) is 4.74 Å². The summed E-state index contributed by atoms with van der Waals surface area (Å²) in [5, 5.41) is 0. The normalized spacial score (nSPS) is 10.5. The molecule has 0 bridgehead atoms. The highest BCUT2D eigenvalue weighted by Gasteiger charge is 2.16. The molecular formula is C16H13F3O2. The third-order valence-corrected chi connectivity index (χ3v) is 2.84. The number of rotatable bonds is 5. The second-order valence-electron chi connectivity index (χ2n) is 4.46. The first-order valence-electron chi connectivity index (χ1n) is 6.45. The zero-order chi connectivity index (χ0) is 15.4. The van der Waals surface area contributed by atoms with E-state index in [9.17, 15) is 18.0 Å². The minimum absolute atomic E-state index is 0.240. The van der Waals surface area contributed by atoms with Gasteiger partial charge in [-0.1, -0.05) is 6.92 Å². The summed E-state index contributed by atoms with van der Waals surface area (Å²) in [6.45, 7) is 2.52. The minimum Gasteiger partial charge on any atom is -0.494 e. The van der Waals surface area contributed by atoms with E-state index in [1.165, 1.54) is 12.1 Å². The van der Waals surface area contributed by atoms with E-state index in [0.29, 0.717) is 24.5 Å². The Labute approximate surface area is 120 Å². The van der Waals surface area contributed by atoms with Crippen molar-refractivity contribution in [3.8, 4) is 5.75 Å². The second-order valence-corrected chi connectivity index (χ2v) is 4.46. The van der Waals surface area contributed by atoms with E-state index in [1.807, 2.05) is 6.92 Å². The standard InChI is InChI=1S/C16H13F3O2/c1-2-7-21-12-5-3-10(4-6-12)16(20)11-8-13(17)15(19)14(18)9-11/h3-6,8-9H,2,7H2,1H3. The number of carbonyl (C=O) groups excluding carboxylic acids is 1. The molecule has 0 N–H and O–H groups in total. The van der Waals surface area contributed by atoms with Gasteiger partial charge in [0.25, 0.3) is 0 Å². The monoisotopic (exact) mass is 294 g/mol. The zero-order valence-corrected chi connectivity index (χ0v) is 11.3. The molecule has 0 saturated carbocycles. The minimum atomic E-state index is -1.59. The van der Waals surface area contributed by atoms with Crippen LogP contribution in [-0.2, 0) is 0 Å². The summed E-state index contributed by atoms with van der Waals surface area (Å²) in [6, 6.07) is 7.54. The molecule has 21 heavy (non-hydrogen) atoms. The molecular weight excluding hydrogens is 281 g/mol. The third kappa shape index (κ3) is 3.42. The molecule has 0 spiro atoms. The maximum Gasteiger partial charge on any atom is 0.194 e. The second kappa shape index (κ2) is 6.43. The Morgan fingerprint density at radius 3 is 2.10 bits per heavy atom. The van der Waals surface area contributed by atoms with Crippen molar-refractivity contribution in [2.24, 2.45) is 0 Å². The van der Waals surface area contributed by atoms with Gasteiger partial charge in [0.2, 0.25) is 0 Å². The van der Waals surface area contributed by atoms with Crippen molar-refractivity contribution in [1.29, 1.82) is 0 Å². The van der Waals surface area contributed by atoms with Gasteiger partial charge in [-0.3, -0.25) is 4.79 Å². The first-order chi connectivity index (χ1) is 10.0. The van der Waals surface area contributed by atoms with Gasteiger partial charge in [-0.25, -0.2) is 13.2 Å². The number of carbonyl (C=O) groups is 1. The fraction of sp³-hybridized carbons (Fsp3) is 0.188.